The van der Waals surface area contributed by atoms with Gasteiger partial charge >= 0.3 is 12.1 Å². The molecule has 0 aliphatic heterocycles. The van der Waals surface area contributed by atoms with Gasteiger partial charge in [-0.1, -0.05) is 35.1 Å². The fourth-order valence-corrected chi connectivity index (χ4v) is 3.45. The number of aryl methyl sites for hydroxylation is 2. The van der Waals surface area contributed by atoms with Crippen LogP contribution in [-0.2, 0) is 6.18 Å². The number of aromatic carboxylic acids is 1. The van der Waals surface area contributed by atoms with E-state index in [1.807, 2.05) is 26.0 Å². The molecule has 0 fully saturated rings. The van der Waals surface area contributed by atoms with Crippen LogP contribution in [0.15, 0.2) is 24.4 Å². The molecule has 2 aromatic heterocycles. The quantitative estimate of drug-likeness (QED) is 0.752. The van der Waals surface area contributed by atoms with Gasteiger partial charge in [-0.25, -0.2) is 9.78 Å². The van der Waals surface area contributed by atoms with Gasteiger partial charge < -0.3 is 5.11 Å². The van der Waals surface area contributed by atoms with Crippen molar-refractivity contribution in [1.82, 2.24) is 9.38 Å². The number of alkyl halides is 3. The minimum atomic E-state index is -4.77. The second kappa shape index (κ2) is 5.09. The van der Waals surface area contributed by atoms with E-state index in [9.17, 15) is 18.0 Å². The Labute approximate surface area is 132 Å². The van der Waals surface area contributed by atoms with Gasteiger partial charge in [-0.3, -0.25) is 4.40 Å². The maximum absolute atomic E-state index is 13.2. The van der Waals surface area contributed by atoms with Gasteiger partial charge in [-0.15, -0.1) is 0 Å². The molecular weight excluding hydrogens is 329 g/mol. The number of halogens is 3. The molecule has 23 heavy (non-hydrogen) atoms. The van der Waals surface area contributed by atoms with Crippen molar-refractivity contribution in [2.75, 3.05) is 0 Å². The summed E-state index contributed by atoms with van der Waals surface area (Å²) >= 11 is 0.516. The van der Waals surface area contributed by atoms with Gasteiger partial charge in [0, 0.05) is 11.8 Å². The average Bonchev–Trinajstić information content (AvgIpc) is 2.93. The molecule has 0 saturated heterocycles. The number of fused-ring (bicyclic) bond motifs is 1. The number of rotatable bonds is 2. The lowest BCUT2D eigenvalue weighted by molar-refractivity contribution is -0.142. The molecule has 4 nitrogen and oxygen atoms in total. The van der Waals surface area contributed by atoms with Crippen molar-refractivity contribution in [3.8, 4) is 11.3 Å². The Morgan fingerprint density at radius 2 is 2.00 bits per heavy atom. The van der Waals surface area contributed by atoms with E-state index in [1.165, 1.54) is 6.20 Å². The van der Waals surface area contributed by atoms with Crippen molar-refractivity contribution in [2.24, 2.45) is 0 Å². The summed E-state index contributed by atoms with van der Waals surface area (Å²) in [6.45, 7) is 3.77. The van der Waals surface area contributed by atoms with Crippen LogP contribution in [-0.4, -0.2) is 20.5 Å². The van der Waals surface area contributed by atoms with E-state index in [4.69, 9.17) is 5.11 Å². The Morgan fingerprint density at radius 3 is 2.57 bits per heavy atom. The molecule has 3 aromatic rings. The number of carbonyl (C=O) groups is 1. The van der Waals surface area contributed by atoms with Gasteiger partial charge in [0.15, 0.2) is 10.7 Å². The number of carboxylic acids is 1. The second-order valence-electron chi connectivity index (χ2n) is 5.18. The lowest BCUT2D eigenvalue weighted by atomic mass is 10.0. The first-order chi connectivity index (χ1) is 10.7. The van der Waals surface area contributed by atoms with Gasteiger partial charge in [0.2, 0.25) is 0 Å². The Kier molecular flexibility index (Phi) is 3.44. The number of aromatic nitrogens is 2. The molecule has 3 rings (SSSR count). The molecule has 120 valence electrons. The lowest BCUT2D eigenvalue weighted by Crippen LogP contribution is -2.13. The minimum Gasteiger partial charge on any atom is -0.477 e. The molecule has 1 N–H and O–H groups in total. The van der Waals surface area contributed by atoms with Crippen LogP contribution in [0.2, 0.25) is 0 Å². The summed E-state index contributed by atoms with van der Waals surface area (Å²) in [6, 6.07) is 5.56. The summed E-state index contributed by atoms with van der Waals surface area (Å²) in [7, 11) is 0. The molecule has 0 aliphatic rings. The Morgan fingerprint density at radius 1 is 1.30 bits per heavy atom. The SMILES string of the molecule is Cc1ccc(-c2cn3c(C(F)(F)F)c(C(=O)O)sc3n2)c(C)c1. The highest BCUT2D eigenvalue weighted by atomic mass is 32.1. The van der Waals surface area contributed by atoms with Crippen molar-refractivity contribution in [3.05, 3.63) is 46.1 Å². The highest BCUT2D eigenvalue weighted by Crippen LogP contribution is 2.38. The standard InChI is InChI=1S/C15H11F3N2O2S/c1-7-3-4-9(8(2)5-7)10-6-20-12(15(16,17)18)11(13(21)22)23-14(20)19-10/h3-6H,1-2H3,(H,21,22). The molecule has 0 amide bonds. The predicted octanol–water partition coefficient (Wildman–Crippen LogP) is 4.40. The van der Waals surface area contributed by atoms with Crippen LogP contribution in [0.5, 0.6) is 0 Å². The molecule has 0 radical (unpaired) electrons. The number of imidazole rings is 1. The summed E-state index contributed by atoms with van der Waals surface area (Å²) in [4.78, 5) is 14.5. The topological polar surface area (TPSA) is 54.6 Å². The molecule has 2 heterocycles. The zero-order valence-electron chi connectivity index (χ0n) is 12.1. The van der Waals surface area contributed by atoms with Crippen molar-refractivity contribution in [3.63, 3.8) is 0 Å². The zero-order valence-corrected chi connectivity index (χ0v) is 12.9. The molecule has 0 bridgehead atoms. The Balaban J connectivity index is 2.24. The third-order valence-corrected chi connectivity index (χ3v) is 4.49. The summed E-state index contributed by atoms with van der Waals surface area (Å²) < 4.78 is 40.4. The number of nitrogens with zero attached hydrogens (tertiary/aromatic N) is 2. The highest BCUT2D eigenvalue weighted by Gasteiger charge is 2.40. The lowest BCUT2D eigenvalue weighted by Gasteiger charge is -2.06. The molecule has 0 spiro atoms. The monoisotopic (exact) mass is 340 g/mol. The highest BCUT2D eigenvalue weighted by molar-refractivity contribution is 7.19. The Bertz CT molecular complexity index is 925. The average molecular weight is 340 g/mol. The first kappa shape index (κ1) is 15.5. The second-order valence-corrected chi connectivity index (χ2v) is 6.16. The maximum Gasteiger partial charge on any atom is 0.433 e. The van der Waals surface area contributed by atoms with E-state index >= 15 is 0 Å². The molecule has 0 unspecified atom stereocenters. The third kappa shape index (κ3) is 2.59. The molecular formula is C15H11F3N2O2S. The number of hydrogen-bond acceptors (Lipinski definition) is 3. The van der Waals surface area contributed by atoms with E-state index < -0.39 is 22.7 Å². The first-order valence-corrected chi connectivity index (χ1v) is 7.40. The Hall–Kier alpha value is -2.35. The van der Waals surface area contributed by atoms with Gasteiger partial charge in [0.05, 0.1) is 5.69 Å². The zero-order chi connectivity index (χ0) is 16.9. The van der Waals surface area contributed by atoms with E-state index in [2.05, 4.69) is 4.98 Å². The molecule has 0 atom stereocenters. The fraction of sp³-hybridized carbons (Fsp3) is 0.200. The van der Waals surface area contributed by atoms with E-state index in [0.717, 1.165) is 21.1 Å². The van der Waals surface area contributed by atoms with Crippen LogP contribution in [0.25, 0.3) is 16.2 Å². The largest absolute Gasteiger partial charge is 0.477 e. The smallest absolute Gasteiger partial charge is 0.433 e. The minimum absolute atomic E-state index is 0.00435. The maximum atomic E-state index is 13.2. The fourth-order valence-electron chi connectivity index (χ4n) is 2.49. The van der Waals surface area contributed by atoms with Crippen LogP contribution < -0.4 is 0 Å². The van der Waals surface area contributed by atoms with Crippen molar-refractivity contribution in [1.29, 1.82) is 0 Å². The molecule has 1 aromatic carbocycles. The molecule has 0 saturated carbocycles. The van der Waals surface area contributed by atoms with Crippen LogP contribution in [0.1, 0.15) is 26.5 Å². The van der Waals surface area contributed by atoms with Gasteiger partial charge in [0.1, 0.15) is 4.88 Å². The molecule has 8 heteroatoms. The number of thiazole rings is 1. The summed E-state index contributed by atoms with van der Waals surface area (Å²) in [5.74, 6) is -1.61. The van der Waals surface area contributed by atoms with E-state index in [0.29, 0.717) is 17.0 Å². The van der Waals surface area contributed by atoms with Crippen molar-refractivity contribution >= 4 is 22.3 Å². The van der Waals surface area contributed by atoms with E-state index in [1.54, 1.807) is 6.07 Å². The number of benzene rings is 1. The van der Waals surface area contributed by atoms with Gasteiger partial charge in [-0.05, 0) is 19.4 Å². The van der Waals surface area contributed by atoms with E-state index in [-0.39, 0.29) is 4.96 Å². The van der Waals surface area contributed by atoms with Crippen LogP contribution in [0.3, 0.4) is 0 Å². The van der Waals surface area contributed by atoms with Crippen LogP contribution in [0.4, 0.5) is 13.2 Å². The molecule has 0 aliphatic carbocycles. The predicted molar refractivity (Wildman–Crippen MR) is 79.9 cm³/mol. The van der Waals surface area contributed by atoms with Gasteiger partial charge in [-0.2, -0.15) is 13.2 Å². The van der Waals surface area contributed by atoms with Crippen molar-refractivity contribution in [2.45, 2.75) is 20.0 Å². The summed E-state index contributed by atoms with van der Waals surface area (Å²) in [5, 5.41) is 8.98. The number of carboxylic acid groups (broad SMARTS) is 1. The third-order valence-electron chi connectivity index (χ3n) is 3.44. The number of hydrogen-bond donors (Lipinski definition) is 1. The van der Waals surface area contributed by atoms with Crippen molar-refractivity contribution < 1.29 is 23.1 Å². The van der Waals surface area contributed by atoms with Gasteiger partial charge in [0.25, 0.3) is 0 Å². The normalized spacial score (nSPS) is 12.0. The summed E-state index contributed by atoms with van der Waals surface area (Å²) in [6.07, 6.45) is -3.54. The summed E-state index contributed by atoms with van der Waals surface area (Å²) in [5.41, 5.74) is 1.83. The van der Waals surface area contributed by atoms with Crippen LogP contribution >= 0.6 is 11.3 Å². The van der Waals surface area contributed by atoms with Crippen LogP contribution in [0, 0.1) is 13.8 Å². The first-order valence-electron chi connectivity index (χ1n) is 6.58.